The summed E-state index contributed by atoms with van der Waals surface area (Å²) < 4.78 is 8.76. The maximum atomic E-state index is 6.77. The molecule has 0 amide bonds. The van der Waals surface area contributed by atoms with Gasteiger partial charge < -0.3 is 20.4 Å². The van der Waals surface area contributed by atoms with E-state index in [0.29, 0.717) is 6.54 Å². The fourth-order valence-corrected chi connectivity index (χ4v) is 7.29. The Morgan fingerprint density at radius 1 is 0.700 bits per heavy atom. The summed E-state index contributed by atoms with van der Waals surface area (Å²) in [7, 11) is 0. The molecule has 0 spiro atoms. The summed E-state index contributed by atoms with van der Waals surface area (Å²) in [6.45, 7) is 0.507. The lowest BCUT2D eigenvalue weighted by Crippen LogP contribution is -2.34. The second-order valence-corrected chi connectivity index (χ2v) is 12.9. The summed E-state index contributed by atoms with van der Waals surface area (Å²) in [5.74, 6) is 1.98. The maximum Gasteiger partial charge on any atom is 0.130 e. The van der Waals surface area contributed by atoms with Gasteiger partial charge in [-0.3, -0.25) is 4.99 Å². The van der Waals surface area contributed by atoms with Crippen molar-refractivity contribution < 1.29 is 4.74 Å². The fraction of sp³-hybridized carbons (Fsp3) is 0.0889. The zero-order chi connectivity index (χ0) is 33.4. The molecular formula is C45H36N4O. The van der Waals surface area contributed by atoms with Crippen molar-refractivity contribution in [2.45, 2.75) is 24.7 Å². The topological polar surface area (TPSA) is 64.6 Å². The van der Waals surface area contributed by atoms with Gasteiger partial charge >= 0.3 is 0 Å². The van der Waals surface area contributed by atoms with E-state index in [9.17, 15) is 0 Å². The number of amidine groups is 1. The van der Waals surface area contributed by atoms with Crippen LogP contribution >= 0.6 is 0 Å². The third-order valence-corrected chi connectivity index (χ3v) is 9.82. The largest absolute Gasteiger partial charge is 0.485 e. The highest BCUT2D eigenvalue weighted by Gasteiger charge is 2.33. The number of allylic oxidation sites excluding steroid dienone is 2. The van der Waals surface area contributed by atoms with E-state index in [1.165, 1.54) is 21.9 Å². The highest BCUT2D eigenvalue weighted by molar-refractivity contribution is 6.10. The number of ether oxygens (including phenoxy) is 1. The first-order valence-electron chi connectivity index (χ1n) is 17.1. The molecule has 2 aliphatic rings. The number of nitrogens with one attached hydrogen (secondary N) is 1. The minimum absolute atomic E-state index is 0.0605. The fourth-order valence-electron chi connectivity index (χ4n) is 7.29. The first-order chi connectivity index (χ1) is 24.7. The second-order valence-electron chi connectivity index (χ2n) is 12.9. The second kappa shape index (κ2) is 12.7. The van der Waals surface area contributed by atoms with E-state index in [2.05, 4.69) is 156 Å². The van der Waals surface area contributed by atoms with Crippen molar-refractivity contribution in [2.24, 2.45) is 10.7 Å². The van der Waals surface area contributed by atoms with Crippen molar-refractivity contribution in [2.75, 3.05) is 0 Å². The standard InChI is InChI=1S/C45H36N4O/c46-44(34-17-11-16-33(26-34)31-12-3-1-4-13-31)48-45(32-14-5-2-6-15-32)47-29-30-22-24-35(25-23-30)49-40-20-9-7-18-36(40)38-27-39-37-19-8-10-21-42(37)50-43(39)28-41(38)49/h1-28,37,42,44H,29,46H2,(H,47,48). The molecular weight excluding hydrogens is 613 g/mol. The molecule has 6 aromatic carbocycles. The van der Waals surface area contributed by atoms with Crippen molar-refractivity contribution in [3.8, 4) is 22.6 Å². The van der Waals surface area contributed by atoms with Crippen LogP contribution in [-0.2, 0) is 6.54 Å². The Labute approximate surface area is 291 Å². The van der Waals surface area contributed by atoms with E-state index in [4.69, 9.17) is 15.5 Å². The molecule has 0 fully saturated rings. The normalized spacial score (nSPS) is 17.0. The molecule has 5 heteroatoms. The molecule has 3 unspecified atom stereocenters. The summed E-state index contributed by atoms with van der Waals surface area (Å²) in [4.78, 5) is 5.07. The first kappa shape index (κ1) is 29.9. The van der Waals surface area contributed by atoms with Crippen LogP contribution in [0.4, 0.5) is 0 Å². The van der Waals surface area contributed by atoms with Gasteiger partial charge in [-0.1, -0.05) is 127 Å². The third-order valence-electron chi connectivity index (χ3n) is 9.82. The van der Waals surface area contributed by atoms with Crippen LogP contribution in [0.5, 0.6) is 5.75 Å². The summed E-state index contributed by atoms with van der Waals surface area (Å²) in [6, 6.07) is 50.8. The number of benzene rings is 6. The number of nitrogens with zero attached hydrogens (tertiary/aromatic N) is 2. The quantitative estimate of drug-likeness (QED) is 0.103. The molecule has 2 heterocycles. The van der Waals surface area contributed by atoms with Crippen molar-refractivity contribution in [3.63, 3.8) is 0 Å². The molecule has 1 aliphatic carbocycles. The molecule has 242 valence electrons. The number of aromatic nitrogens is 1. The van der Waals surface area contributed by atoms with Gasteiger partial charge in [0.2, 0.25) is 0 Å². The molecule has 3 atom stereocenters. The van der Waals surface area contributed by atoms with E-state index >= 15 is 0 Å². The summed E-state index contributed by atoms with van der Waals surface area (Å²) in [5.41, 5.74) is 16.8. The zero-order valence-corrected chi connectivity index (χ0v) is 27.5. The van der Waals surface area contributed by atoms with E-state index < -0.39 is 6.17 Å². The molecule has 0 bridgehead atoms. The number of hydrogen-bond acceptors (Lipinski definition) is 3. The van der Waals surface area contributed by atoms with Crippen molar-refractivity contribution in [3.05, 3.63) is 192 Å². The Balaban J connectivity index is 1.01. The van der Waals surface area contributed by atoms with Gasteiger partial charge in [0.05, 0.1) is 17.6 Å². The van der Waals surface area contributed by atoms with Crippen LogP contribution in [0.15, 0.2) is 175 Å². The van der Waals surface area contributed by atoms with Gasteiger partial charge in [0.15, 0.2) is 0 Å². The molecule has 0 saturated carbocycles. The predicted molar refractivity (Wildman–Crippen MR) is 205 cm³/mol. The molecule has 1 aliphatic heterocycles. The smallest absolute Gasteiger partial charge is 0.130 e. The maximum absolute atomic E-state index is 6.77. The van der Waals surface area contributed by atoms with Crippen LogP contribution in [0.25, 0.3) is 38.6 Å². The van der Waals surface area contributed by atoms with E-state index in [-0.39, 0.29) is 12.0 Å². The Morgan fingerprint density at radius 2 is 1.44 bits per heavy atom. The van der Waals surface area contributed by atoms with Gasteiger partial charge in [0.25, 0.3) is 0 Å². The Hall–Kier alpha value is -6.17. The Morgan fingerprint density at radius 3 is 2.28 bits per heavy atom. The van der Waals surface area contributed by atoms with Crippen LogP contribution < -0.4 is 15.8 Å². The predicted octanol–water partition coefficient (Wildman–Crippen LogP) is 9.62. The van der Waals surface area contributed by atoms with Crippen LogP contribution in [0, 0.1) is 0 Å². The van der Waals surface area contributed by atoms with Crippen molar-refractivity contribution >= 4 is 27.6 Å². The third kappa shape index (κ3) is 5.48. The SMILES string of the molecule is NC(N/C(=N\Cc1ccc(-n2c3ccccc3c3cc4c(cc32)OC2C=CC=CC42)cc1)c1ccccc1)c1cccc(-c2ccccc2)c1. The number of nitrogens with two attached hydrogens (primary N) is 1. The average Bonchev–Trinajstić information content (AvgIpc) is 3.71. The lowest BCUT2D eigenvalue weighted by Gasteiger charge is -2.19. The molecule has 7 aromatic rings. The molecule has 1 aromatic heterocycles. The van der Waals surface area contributed by atoms with Crippen LogP contribution in [0.3, 0.4) is 0 Å². The summed E-state index contributed by atoms with van der Waals surface area (Å²) in [5, 5.41) is 5.99. The van der Waals surface area contributed by atoms with Crippen molar-refractivity contribution in [1.82, 2.24) is 9.88 Å². The molecule has 5 nitrogen and oxygen atoms in total. The van der Waals surface area contributed by atoms with E-state index in [0.717, 1.165) is 50.6 Å². The highest BCUT2D eigenvalue weighted by Crippen LogP contribution is 2.45. The zero-order valence-electron chi connectivity index (χ0n) is 27.5. The molecule has 50 heavy (non-hydrogen) atoms. The molecule has 3 N–H and O–H groups in total. The lowest BCUT2D eigenvalue weighted by atomic mass is 9.91. The summed E-state index contributed by atoms with van der Waals surface area (Å²) >= 11 is 0. The van der Waals surface area contributed by atoms with Gasteiger partial charge in [-0.2, -0.15) is 0 Å². The van der Waals surface area contributed by atoms with E-state index in [1.54, 1.807) is 0 Å². The van der Waals surface area contributed by atoms with E-state index in [1.807, 2.05) is 24.3 Å². The van der Waals surface area contributed by atoms with Gasteiger partial charge in [-0.15, -0.1) is 0 Å². The average molecular weight is 649 g/mol. The van der Waals surface area contributed by atoms with Crippen LogP contribution in [-0.4, -0.2) is 16.5 Å². The van der Waals surface area contributed by atoms with Crippen LogP contribution in [0.1, 0.15) is 34.3 Å². The Kier molecular flexibility index (Phi) is 7.60. The molecule has 0 radical (unpaired) electrons. The lowest BCUT2D eigenvalue weighted by molar-refractivity contribution is 0.269. The first-order valence-corrected chi connectivity index (χ1v) is 17.1. The summed E-state index contributed by atoms with van der Waals surface area (Å²) in [6.07, 6.45) is 8.22. The molecule has 9 rings (SSSR count). The minimum atomic E-state index is -0.434. The van der Waals surface area contributed by atoms with Gasteiger partial charge in [0.1, 0.15) is 23.9 Å². The van der Waals surface area contributed by atoms with Crippen molar-refractivity contribution in [1.29, 1.82) is 0 Å². The number of hydrogen-bond donors (Lipinski definition) is 2. The Bertz CT molecular complexity index is 2420. The number of aliphatic imine (C=N–C) groups is 1. The number of para-hydroxylation sites is 1. The van der Waals surface area contributed by atoms with Crippen LogP contribution in [0.2, 0.25) is 0 Å². The van der Waals surface area contributed by atoms with Gasteiger partial charge in [0, 0.05) is 39.6 Å². The van der Waals surface area contributed by atoms with Gasteiger partial charge in [-0.25, -0.2) is 0 Å². The highest BCUT2D eigenvalue weighted by atomic mass is 16.5. The monoisotopic (exact) mass is 648 g/mol. The number of rotatable bonds is 7. The van der Waals surface area contributed by atoms with Gasteiger partial charge in [-0.05, 0) is 58.7 Å². The molecule has 0 saturated heterocycles. The number of fused-ring (bicyclic) bond motifs is 6. The minimum Gasteiger partial charge on any atom is -0.485 e.